The number of esters is 1. The molecule has 1 N–H and O–H groups in total. The summed E-state index contributed by atoms with van der Waals surface area (Å²) in [7, 11) is 0. The van der Waals surface area contributed by atoms with Crippen LogP contribution in [0.2, 0.25) is 0 Å². The minimum atomic E-state index is -1.05. The standard InChI is InChI=1S/C27H35NO5/c1-19(2)16-23(28-26(31)33-27(3,4)5)24(29)22(17-20-12-8-6-9-13-20)25(30)32-18-21-14-10-7-11-15-21/h6-15,19,22-23H,16-18H2,1-5H3,(H,28,31)/t22-,23-/m0/s1. The highest BCUT2D eigenvalue weighted by Gasteiger charge is 2.35. The molecular formula is C27H35NO5. The van der Waals surface area contributed by atoms with Gasteiger partial charge in [-0.25, -0.2) is 4.79 Å². The van der Waals surface area contributed by atoms with Crippen LogP contribution in [0.25, 0.3) is 0 Å². The number of Topliss-reactive ketones (excluding diaryl/α,β-unsaturated/α-hetero) is 1. The Morgan fingerprint density at radius 2 is 1.42 bits per heavy atom. The molecule has 0 radical (unpaired) electrons. The first kappa shape index (κ1) is 26.1. The van der Waals surface area contributed by atoms with Gasteiger partial charge in [0.15, 0.2) is 5.78 Å². The second kappa shape index (κ2) is 12.2. The molecule has 33 heavy (non-hydrogen) atoms. The van der Waals surface area contributed by atoms with Crippen LogP contribution < -0.4 is 5.32 Å². The topological polar surface area (TPSA) is 81.7 Å². The second-order valence-corrected chi connectivity index (χ2v) is 9.57. The van der Waals surface area contributed by atoms with Gasteiger partial charge in [-0.15, -0.1) is 0 Å². The van der Waals surface area contributed by atoms with Crippen LogP contribution in [0.4, 0.5) is 4.79 Å². The van der Waals surface area contributed by atoms with Gasteiger partial charge in [0.25, 0.3) is 0 Å². The van der Waals surface area contributed by atoms with Gasteiger partial charge in [-0.3, -0.25) is 9.59 Å². The monoisotopic (exact) mass is 453 g/mol. The summed E-state index contributed by atoms with van der Waals surface area (Å²) in [6.07, 6.45) is -0.106. The molecule has 178 valence electrons. The largest absolute Gasteiger partial charge is 0.460 e. The van der Waals surface area contributed by atoms with Crippen molar-refractivity contribution < 1.29 is 23.9 Å². The Morgan fingerprint density at radius 1 is 0.879 bits per heavy atom. The molecule has 2 aromatic rings. The van der Waals surface area contributed by atoms with Crippen LogP contribution in [0.3, 0.4) is 0 Å². The van der Waals surface area contributed by atoms with Crippen molar-refractivity contribution in [2.24, 2.45) is 11.8 Å². The van der Waals surface area contributed by atoms with Gasteiger partial charge in [0, 0.05) is 0 Å². The van der Waals surface area contributed by atoms with Crippen LogP contribution in [-0.4, -0.2) is 29.5 Å². The number of rotatable bonds is 10. The first-order valence-electron chi connectivity index (χ1n) is 11.3. The molecule has 0 unspecified atom stereocenters. The summed E-state index contributed by atoms with van der Waals surface area (Å²) < 4.78 is 10.9. The molecule has 2 rings (SSSR count). The lowest BCUT2D eigenvalue weighted by atomic mass is 9.88. The number of ether oxygens (including phenoxy) is 2. The molecule has 0 aliphatic carbocycles. The normalized spacial score (nSPS) is 13.2. The van der Waals surface area contributed by atoms with E-state index in [4.69, 9.17) is 9.47 Å². The second-order valence-electron chi connectivity index (χ2n) is 9.57. The van der Waals surface area contributed by atoms with Crippen molar-refractivity contribution in [1.29, 1.82) is 0 Å². The van der Waals surface area contributed by atoms with Gasteiger partial charge in [-0.05, 0) is 50.7 Å². The van der Waals surface area contributed by atoms with E-state index in [1.807, 2.05) is 74.5 Å². The van der Waals surface area contributed by atoms with E-state index in [9.17, 15) is 14.4 Å². The van der Waals surface area contributed by atoms with Gasteiger partial charge < -0.3 is 14.8 Å². The molecule has 2 atom stereocenters. The number of carbonyl (C=O) groups excluding carboxylic acids is 3. The highest BCUT2D eigenvalue weighted by Crippen LogP contribution is 2.19. The number of ketones is 1. The van der Waals surface area contributed by atoms with Crippen molar-refractivity contribution >= 4 is 17.8 Å². The molecule has 0 aromatic heterocycles. The Balaban J connectivity index is 2.23. The third-order valence-electron chi connectivity index (χ3n) is 4.88. The number of hydrogen-bond acceptors (Lipinski definition) is 5. The number of carbonyl (C=O) groups is 3. The summed E-state index contributed by atoms with van der Waals surface area (Å²) in [6.45, 7) is 9.25. The molecule has 0 aliphatic heterocycles. The number of hydrogen-bond donors (Lipinski definition) is 1. The van der Waals surface area contributed by atoms with Crippen molar-refractivity contribution in [1.82, 2.24) is 5.32 Å². The quantitative estimate of drug-likeness (QED) is 0.400. The highest BCUT2D eigenvalue weighted by molar-refractivity contribution is 6.03. The Kier molecular flexibility index (Phi) is 9.64. The highest BCUT2D eigenvalue weighted by atomic mass is 16.6. The average Bonchev–Trinajstić information content (AvgIpc) is 2.74. The first-order valence-corrected chi connectivity index (χ1v) is 11.3. The molecule has 0 aliphatic rings. The number of benzene rings is 2. The van der Waals surface area contributed by atoms with Crippen molar-refractivity contribution in [3.05, 3.63) is 71.8 Å². The fourth-order valence-corrected chi connectivity index (χ4v) is 3.39. The van der Waals surface area contributed by atoms with E-state index >= 15 is 0 Å². The molecule has 0 spiro atoms. The Morgan fingerprint density at radius 3 is 1.94 bits per heavy atom. The predicted octanol–water partition coefficient (Wildman–Crippen LogP) is 5.10. The summed E-state index contributed by atoms with van der Waals surface area (Å²) >= 11 is 0. The van der Waals surface area contributed by atoms with Crippen LogP contribution >= 0.6 is 0 Å². The average molecular weight is 454 g/mol. The van der Waals surface area contributed by atoms with Crippen molar-refractivity contribution in [3.8, 4) is 0 Å². The van der Waals surface area contributed by atoms with E-state index in [2.05, 4.69) is 5.32 Å². The molecular weight excluding hydrogens is 418 g/mol. The summed E-state index contributed by atoms with van der Waals surface area (Å²) in [6, 6.07) is 17.8. The molecule has 0 saturated carbocycles. The Hall–Kier alpha value is -3.15. The van der Waals surface area contributed by atoms with E-state index in [1.54, 1.807) is 20.8 Å². The van der Waals surface area contributed by atoms with E-state index < -0.39 is 29.6 Å². The smallest absolute Gasteiger partial charge is 0.408 e. The number of amides is 1. The molecule has 0 fully saturated rings. The summed E-state index contributed by atoms with van der Waals surface area (Å²) in [4.78, 5) is 39.1. The van der Waals surface area contributed by atoms with Gasteiger partial charge in [0.1, 0.15) is 18.1 Å². The third-order valence-corrected chi connectivity index (χ3v) is 4.88. The lowest BCUT2D eigenvalue weighted by Gasteiger charge is -2.26. The molecule has 0 heterocycles. The third kappa shape index (κ3) is 9.48. The zero-order chi connectivity index (χ0) is 24.4. The van der Waals surface area contributed by atoms with Crippen molar-refractivity contribution in [3.63, 3.8) is 0 Å². The van der Waals surface area contributed by atoms with Gasteiger partial charge in [0.2, 0.25) is 0 Å². The summed E-state index contributed by atoms with van der Waals surface area (Å²) in [5.41, 5.74) is 0.976. The zero-order valence-corrected chi connectivity index (χ0v) is 20.2. The lowest BCUT2D eigenvalue weighted by molar-refractivity contribution is -0.153. The van der Waals surface area contributed by atoms with Crippen LogP contribution in [0.5, 0.6) is 0 Å². The molecule has 2 aromatic carbocycles. The van der Waals surface area contributed by atoms with Gasteiger partial charge in [-0.1, -0.05) is 74.5 Å². The summed E-state index contributed by atoms with van der Waals surface area (Å²) in [5.74, 6) is -1.91. The summed E-state index contributed by atoms with van der Waals surface area (Å²) in [5, 5.41) is 2.68. The molecule has 6 nitrogen and oxygen atoms in total. The minimum absolute atomic E-state index is 0.0760. The molecule has 6 heteroatoms. The maximum absolute atomic E-state index is 13.6. The Labute approximate surface area is 196 Å². The predicted molar refractivity (Wildman–Crippen MR) is 127 cm³/mol. The first-order chi connectivity index (χ1) is 15.5. The van der Waals surface area contributed by atoms with Crippen LogP contribution in [0.15, 0.2) is 60.7 Å². The van der Waals surface area contributed by atoms with Gasteiger partial charge >= 0.3 is 12.1 Å². The van der Waals surface area contributed by atoms with Crippen LogP contribution in [0, 0.1) is 11.8 Å². The number of nitrogens with one attached hydrogen (secondary N) is 1. The van der Waals surface area contributed by atoms with Crippen molar-refractivity contribution in [2.45, 2.75) is 65.7 Å². The Bertz CT molecular complexity index is 903. The van der Waals surface area contributed by atoms with Crippen LogP contribution in [0.1, 0.15) is 52.2 Å². The lowest BCUT2D eigenvalue weighted by Crippen LogP contribution is -2.48. The molecule has 0 saturated heterocycles. The van der Waals surface area contributed by atoms with Gasteiger partial charge in [-0.2, -0.15) is 0 Å². The number of alkyl carbamates (subject to hydrolysis) is 1. The van der Waals surface area contributed by atoms with E-state index in [-0.39, 0.29) is 24.7 Å². The molecule has 1 amide bonds. The van der Waals surface area contributed by atoms with Crippen LogP contribution in [-0.2, 0) is 32.1 Å². The fraction of sp³-hybridized carbons (Fsp3) is 0.444. The maximum Gasteiger partial charge on any atom is 0.408 e. The maximum atomic E-state index is 13.6. The van der Waals surface area contributed by atoms with E-state index in [1.165, 1.54) is 0 Å². The minimum Gasteiger partial charge on any atom is -0.460 e. The zero-order valence-electron chi connectivity index (χ0n) is 20.2. The van der Waals surface area contributed by atoms with E-state index in [0.29, 0.717) is 6.42 Å². The van der Waals surface area contributed by atoms with E-state index in [0.717, 1.165) is 11.1 Å². The SMILES string of the molecule is CC(C)C[C@H](NC(=O)OC(C)(C)C)C(=O)[C@H](Cc1ccccc1)C(=O)OCc1ccccc1. The van der Waals surface area contributed by atoms with Crippen molar-refractivity contribution in [2.75, 3.05) is 0 Å². The molecule has 0 bridgehead atoms. The van der Waals surface area contributed by atoms with Gasteiger partial charge in [0.05, 0.1) is 6.04 Å². The fourth-order valence-electron chi connectivity index (χ4n) is 3.39.